The van der Waals surface area contributed by atoms with Gasteiger partial charge in [-0.25, -0.2) is 8.78 Å². The number of piperidine rings is 2. The smallest absolute Gasteiger partial charge is 0.147 e. The number of hydrogen-bond acceptors (Lipinski definition) is 4. The standard InChI is InChI=1S/C16H20BrF2N3O/c17-13-9-15(19)16(10-14(13)18)22-7-3-11(4-8-22)21-23-12-1-5-20-6-2-12/h9-10,12,20H,1-8H2. The van der Waals surface area contributed by atoms with E-state index in [4.69, 9.17) is 4.84 Å². The Bertz CT molecular complexity index is 581. The largest absolute Gasteiger partial charge is 0.392 e. The number of anilines is 1. The first-order valence-corrected chi connectivity index (χ1v) is 8.74. The van der Waals surface area contributed by atoms with Crippen LogP contribution in [0.5, 0.6) is 0 Å². The van der Waals surface area contributed by atoms with E-state index in [0.717, 1.165) is 31.6 Å². The predicted molar refractivity (Wildman–Crippen MR) is 89.9 cm³/mol. The molecule has 0 saturated carbocycles. The molecule has 0 spiro atoms. The molecule has 2 fully saturated rings. The fourth-order valence-corrected chi connectivity index (χ4v) is 3.22. The van der Waals surface area contributed by atoms with E-state index in [1.165, 1.54) is 12.1 Å². The van der Waals surface area contributed by atoms with Crippen molar-refractivity contribution in [1.82, 2.24) is 5.32 Å². The molecule has 4 nitrogen and oxygen atoms in total. The SMILES string of the molecule is Fc1cc(N2CCC(=NOC3CCNCC3)CC2)c(F)cc1Br. The van der Waals surface area contributed by atoms with Gasteiger partial charge in [0.2, 0.25) is 0 Å². The minimum Gasteiger partial charge on any atom is -0.392 e. The molecule has 0 aliphatic carbocycles. The molecule has 2 heterocycles. The zero-order chi connectivity index (χ0) is 16.2. The Morgan fingerprint density at radius 2 is 1.83 bits per heavy atom. The van der Waals surface area contributed by atoms with Gasteiger partial charge in [-0.05, 0) is 47.9 Å². The third-order valence-corrected chi connectivity index (χ3v) is 4.90. The molecule has 7 heteroatoms. The van der Waals surface area contributed by atoms with E-state index in [1.54, 1.807) is 0 Å². The van der Waals surface area contributed by atoms with E-state index in [-0.39, 0.29) is 10.6 Å². The summed E-state index contributed by atoms with van der Waals surface area (Å²) in [6, 6.07) is 2.42. The summed E-state index contributed by atoms with van der Waals surface area (Å²) in [6.45, 7) is 3.17. The molecule has 1 N–H and O–H groups in total. The highest BCUT2D eigenvalue weighted by Crippen LogP contribution is 2.28. The van der Waals surface area contributed by atoms with Crippen molar-refractivity contribution in [2.24, 2.45) is 5.16 Å². The number of hydrogen-bond donors (Lipinski definition) is 1. The van der Waals surface area contributed by atoms with Gasteiger partial charge in [-0.2, -0.15) is 0 Å². The van der Waals surface area contributed by atoms with Crippen molar-refractivity contribution in [2.45, 2.75) is 31.8 Å². The van der Waals surface area contributed by atoms with E-state index < -0.39 is 11.6 Å². The van der Waals surface area contributed by atoms with Gasteiger partial charge in [0, 0.05) is 32.0 Å². The summed E-state index contributed by atoms with van der Waals surface area (Å²) in [7, 11) is 0. The van der Waals surface area contributed by atoms with Crippen LogP contribution in [0.3, 0.4) is 0 Å². The molecule has 0 amide bonds. The molecule has 2 aliphatic rings. The maximum atomic E-state index is 14.0. The van der Waals surface area contributed by atoms with Crippen LogP contribution in [0.15, 0.2) is 21.8 Å². The van der Waals surface area contributed by atoms with E-state index >= 15 is 0 Å². The minimum atomic E-state index is -0.449. The second kappa shape index (κ2) is 7.57. The highest BCUT2D eigenvalue weighted by atomic mass is 79.9. The average Bonchev–Trinajstić information content (AvgIpc) is 2.58. The van der Waals surface area contributed by atoms with Crippen LogP contribution in [0.25, 0.3) is 0 Å². The van der Waals surface area contributed by atoms with Gasteiger partial charge in [-0.15, -0.1) is 0 Å². The van der Waals surface area contributed by atoms with Gasteiger partial charge in [0.15, 0.2) is 0 Å². The van der Waals surface area contributed by atoms with Crippen molar-refractivity contribution >= 4 is 27.3 Å². The van der Waals surface area contributed by atoms with E-state index in [9.17, 15) is 8.78 Å². The highest BCUT2D eigenvalue weighted by Gasteiger charge is 2.21. The number of benzene rings is 1. The van der Waals surface area contributed by atoms with Gasteiger partial charge < -0.3 is 15.1 Å². The lowest BCUT2D eigenvalue weighted by Crippen LogP contribution is -2.35. The molecule has 0 atom stereocenters. The molecular formula is C16H20BrF2N3O. The van der Waals surface area contributed by atoms with Gasteiger partial charge in [0.05, 0.1) is 15.9 Å². The van der Waals surface area contributed by atoms with E-state index in [1.807, 2.05) is 4.90 Å². The second-order valence-corrected chi connectivity index (χ2v) is 6.77. The first-order valence-electron chi connectivity index (χ1n) is 7.95. The van der Waals surface area contributed by atoms with Crippen molar-refractivity contribution in [3.63, 3.8) is 0 Å². The van der Waals surface area contributed by atoms with Crippen LogP contribution in [0.4, 0.5) is 14.5 Å². The van der Waals surface area contributed by atoms with Crippen molar-refractivity contribution < 1.29 is 13.6 Å². The third-order valence-electron chi connectivity index (χ3n) is 4.29. The van der Waals surface area contributed by atoms with Crippen LogP contribution in [0, 0.1) is 11.6 Å². The van der Waals surface area contributed by atoms with Crippen molar-refractivity contribution in [3.8, 4) is 0 Å². The molecule has 1 aromatic carbocycles. The van der Waals surface area contributed by atoms with Crippen molar-refractivity contribution in [2.75, 3.05) is 31.1 Å². The van der Waals surface area contributed by atoms with E-state index in [0.29, 0.717) is 31.6 Å². The maximum Gasteiger partial charge on any atom is 0.147 e. The fraction of sp³-hybridized carbons (Fsp3) is 0.562. The molecule has 3 rings (SSSR count). The van der Waals surface area contributed by atoms with Crippen LogP contribution < -0.4 is 10.2 Å². The van der Waals surface area contributed by atoms with Crippen LogP contribution in [0.1, 0.15) is 25.7 Å². The number of oxime groups is 1. The Kier molecular flexibility index (Phi) is 5.48. The van der Waals surface area contributed by atoms with Gasteiger partial charge in [0.1, 0.15) is 17.7 Å². The van der Waals surface area contributed by atoms with Gasteiger partial charge in [-0.3, -0.25) is 0 Å². The number of nitrogens with one attached hydrogen (secondary N) is 1. The molecule has 2 saturated heterocycles. The summed E-state index contributed by atoms with van der Waals surface area (Å²) in [4.78, 5) is 7.47. The van der Waals surface area contributed by atoms with Crippen molar-refractivity contribution in [3.05, 3.63) is 28.2 Å². The molecule has 0 radical (unpaired) electrons. The molecule has 23 heavy (non-hydrogen) atoms. The quantitative estimate of drug-likeness (QED) is 0.637. The Morgan fingerprint density at radius 1 is 1.13 bits per heavy atom. The number of halogens is 3. The van der Waals surface area contributed by atoms with Gasteiger partial charge in [0.25, 0.3) is 0 Å². The Morgan fingerprint density at radius 3 is 2.52 bits per heavy atom. The Hall–Kier alpha value is -1.21. The van der Waals surface area contributed by atoms with E-state index in [2.05, 4.69) is 26.4 Å². The Labute approximate surface area is 143 Å². The molecule has 126 valence electrons. The maximum absolute atomic E-state index is 14.0. The van der Waals surface area contributed by atoms with Crippen molar-refractivity contribution in [1.29, 1.82) is 0 Å². The summed E-state index contributed by atoms with van der Waals surface area (Å²) in [5.74, 6) is -0.861. The minimum absolute atomic E-state index is 0.147. The lowest BCUT2D eigenvalue weighted by Gasteiger charge is -2.30. The lowest BCUT2D eigenvalue weighted by atomic mass is 10.1. The molecule has 0 aromatic heterocycles. The lowest BCUT2D eigenvalue weighted by molar-refractivity contribution is 0.0368. The highest BCUT2D eigenvalue weighted by molar-refractivity contribution is 9.10. The number of rotatable bonds is 3. The zero-order valence-corrected chi connectivity index (χ0v) is 14.4. The van der Waals surface area contributed by atoms with Crippen LogP contribution in [-0.4, -0.2) is 38.0 Å². The number of nitrogens with zero attached hydrogens (tertiary/aromatic N) is 2. The first kappa shape index (κ1) is 16.6. The first-order chi connectivity index (χ1) is 11.1. The molecule has 2 aliphatic heterocycles. The summed E-state index contributed by atoms with van der Waals surface area (Å²) < 4.78 is 27.8. The summed E-state index contributed by atoms with van der Waals surface area (Å²) in [5, 5.41) is 7.56. The van der Waals surface area contributed by atoms with Crippen LogP contribution in [-0.2, 0) is 4.84 Å². The summed E-state index contributed by atoms with van der Waals surface area (Å²) in [5.41, 5.74) is 1.31. The topological polar surface area (TPSA) is 36.9 Å². The average molecular weight is 388 g/mol. The van der Waals surface area contributed by atoms with Gasteiger partial charge >= 0.3 is 0 Å². The molecule has 1 aromatic rings. The third kappa shape index (κ3) is 4.20. The van der Waals surface area contributed by atoms with Crippen LogP contribution in [0.2, 0.25) is 0 Å². The van der Waals surface area contributed by atoms with Gasteiger partial charge in [-0.1, -0.05) is 5.16 Å². The predicted octanol–water partition coefficient (Wildman–Crippen LogP) is 3.45. The second-order valence-electron chi connectivity index (χ2n) is 5.92. The monoisotopic (exact) mass is 387 g/mol. The zero-order valence-electron chi connectivity index (χ0n) is 12.8. The molecular weight excluding hydrogens is 368 g/mol. The summed E-state index contributed by atoms with van der Waals surface area (Å²) >= 11 is 3.00. The molecule has 0 unspecified atom stereocenters. The normalized spacial score (nSPS) is 19.8. The fourth-order valence-electron chi connectivity index (χ4n) is 2.90. The Balaban J connectivity index is 1.56. The molecule has 0 bridgehead atoms. The summed E-state index contributed by atoms with van der Waals surface area (Å²) in [6.07, 6.45) is 3.57. The van der Waals surface area contributed by atoms with Crippen LogP contribution >= 0.6 is 15.9 Å².